The lowest BCUT2D eigenvalue weighted by Gasteiger charge is -2.38. The van der Waals surface area contributed by atoms with E-state index in [1.165, 1.54) is 12.1 Å². The van der Waals surface area contributed by atoms with E-state index in [9.17, 15) is 9.59 Å². The number of rotatable bonds is 5. The van der Waals surface area contributed by atoms with E-state index >= 15 is 0 Å². The largest absolute Gasteiger partial charge is 0.493 e. The van der Waals surface area contributed by atoms with Crippen LogP contribution >= 0.6 is 27.5 Å². The van der Waals surface area contributed by atoms with Crippen molar-refractivity contribution < 1.29 is 19.1 Å². The molecule has 2 N–H and O–H groups in total. The molecule has 9 heteroatoms. The van der Waals surface area contributed by atoms with E-state index in [0.29, 0.717) is 38.9 Å². The first-order chi connectivity index (χ1) is 15.4. The van der Waals surface area contributed by atoms with Crippen molar-refractivity contribution in [2.45, 2.75) is 6.17 Å². The highest BCUT2D eigenvalue weighted by Gasteiger charge is 2.35. The van der Waals surface area contributed by atoms with Gasteiger partial charge in [-0.15, -0.1) is 0 Å². The van der Waals surface area contributed by atoms with Gasteiger partial charge in [-0.3, -0.25) is 15.0 Å². The summed E-state index contributed by atoms with van der Waals surface area (Å²) in [7, 11) is 3.08. The normalized spacial score (nSPS) is 14.9. The van der Waals surface area contributed by atoms with Crippen LogP contribution < -0.4 is 20.2 Å². The van der Waals surface area contributed by atoms with E-state index in [1.54, 1.807) is 67.8 Å². The second-order valence-corrected chi connectivity index (χ2v) is 8.33. The highest BCUT2D eigenvalue weighted by Crippen LogP contribution is 2.37. The van der Waals surface area contributed by atoms with Gasteiger partial charge in [0.05, 0.1) is 19.8 Å². The summed E-state index contributed by atoms with van der Waals surface area (Å²) in [6, 6.07) is 17.1. The monoisotopic (exact) mass is 515 g/mol. The number of methoxy groups -OCH3 is 2. The summed E-state index contributed by atoms with van der Waals surface area (Å²) in [6.45, 7) is 0. The lowest BCUT2D eigenvalue weighted by Crippen LogP contribution is -2.52. The van der Waals surface area contributed by atoms with Gasteiger partial charge in [0.2, 0.25) is 0 Å². The van der Waals surface area contributed by atoms with Gasteiger partial charge in [0.1, 0.15) is 6.17 Å². The van der Waals surface area contributed by atoms with E-state index in [2.05, 4.69) is 26.7 Å². The number of hydrazine groups is 1. The molecular weight excluding hydrogens is 498 g/mol. The van der Waals surface area contributed by atoms with Gasteiger partial charge in [0.25, 0.3) is 11.8 Å². The minimum absolute atomic E-state index is 0.352. The lowest BCUT2D eigenvalue weighted by molar-refractivity contribution is 0.0490. The Hall–Kier alpha value is -3.23. The van der Waals surface area contributed by atoms with Crippen LogP contribution in [0.5, 0.6) is 11.5 Å². The van der Waals surface area contributed by atoms with Gasteiger partial charge in [0, 0.05) is 26.3 Å². The molecule has 7 nitrogen and oxygen atoms in total. The molecule has 1 aliphatic heterocycles. The van der Waals surface area contributed by atoms with Crippen LogP contribution in [-0.2, 0) is 0 Å². The number of benzene rings is 3. The number of halogens is 2. The molecule has 1 atom stereocenters. The number of anilines is 1. The maximum atomic E-state index is 13.4. The third-order valence-corrected chi connectivity index (χ3v) is 5.80. The molecule has 0 aliphatic carbocycles. The molecule has 3 aromatic carbocycles. The Labute approximate surface area is 198 Å². The highest BCUT2D eigenvalue weighted by molar-refractivity contribution is 9.10. The van der Waals surface area contributed by atoms with Crippen molar-refractivity contribution >= 4 is 45.0 Å². The zero-order valence-corrected chi connectivity index (χ0v) is 19.5. The van der Waals surface area contributed by atoms with Gasteiger partial charge in [-0.2, -0.15) is 0 Å². The number of nitrogens with zero attached hydrogens (tertiary/aromatic N) is 1. The maximum Gasteiger partial charge on any atom is 0.276 e. The molecule has 3 aromatic rings. The first-order valence-electron chi connectivity index (χ1n) is 9.59. The van der Waals surface area contributed by atoms with Crippen molar-refractivity contribution in [2.24, 2.45) is 0 Å². The lowest BCUT2D eigenvalue weighted by atomic mass is 10.0. The Morgan fingerprint density at radius 2 is 1.75 bits per heavy atom. The molecule has 1 aliphatic rings. The minimum atomic E-state index is -0.699. The average molecular weight is 517 g/mol. The average Bonchev–Trinajstić information content (AvgIpc) is 2.81. The SMILES string of the molecule is COc1ccc(C2Nc3ccc(Cl)cc3C(=O)N2NC(=O)c2ccc(Br)cc2)cc1OC. The van der Waals surface area contributed by atoms with Crippen LogP contribution in [0.1, 0.15) is 32.4 Å². The third-order valence-electron chi connectivity index (χ3n) is 5.03. The van der Waals surface area contributed by atoms with Crippen LogP contribution in [0, 0.1) is 0 Å². The van der Waals surface area contributed by atoms with Crippen LogP contribution in [0.2, 0.25) is 5.02 Å². The summed E-state index contributed by atoms with van der Waals surface area (Å²) in [4.78, 5) is 26.3. The van der Waals surface area contributed by atoms with E-state index in [-0.39, 0.29) is 0 Å². The number of amides is 2. The van der Waals surface area contributed by atoms with Gasteiger partial charge in [0.15, 0.2) is 11.5 Å². The number of hydrogen-bond acceptors (Lipinski definition) is 5. The number of ether oxygens (including phenoxy) is 2. The van der Waals surface area contributed by atoms with Crippen molar-refractivity contribution in [1.29, 1.82) is 0 Å². The molecule has 0 radical (unpaired) electrons. The Balaban J connectivity index is 1.75. The van der Waals surface area contributed by atoms with E-state index in [1.807, 2.05) is 0 Å². The maximum absolute atomic E-state index is 13.4. The predicted octanol–water partition coefficient (Wildman–Crippen LogP) is 5.03. The first kappa shape index (κ1) is 22.0. The Kier molecular flexibility index (Phi) is 6.25. The van der Waals surface area contributed by atoms with Gasteiger partial charge in [-0.05, 0) is 54.6 Å². The van der Waals surface area contributed by atoms with E-state index < -0.39 is 18.0 Å². The van der Waals surface area contributed by atoms with Crippen LogP contribution in [0.3, 0.4) is 0 Å². The van der Waals surface area contributed by atoms with Gasteiger partial charge in [-0.25, -0.2) is 5.01 Å². The van der Waals surface area contributed by atoms with Crippen molar-refractivity contribution in [3.63, 3.8) is 0 Å². The fourth-order valence-electron chi connectivity index (χ4n) is 3.42. The zero-order chi connectivity index (χ0) is 22.8. The van der Waals surface area contributed by atoms with Crippen molar-refractivity contribution in [1.82, 2.24) is 10.4 Å². The summed E-state index contributed by atoms with van der Waals surface area (Å²) >= 11 is 9.46. The molecule has 1 unspecified atom stereocenters. The summed E-state index contributed by atoms with van der Waals surface area (Å²) in [5, 5.41) is 4.98. The molecule has 0 saturated heterocycles. The van der Waals surface area contributed by atoms with E-state index in [0.717, 1.165) is 4.47 Å². The Bertz CT molecular complexity index is 1190. The van der Waals surface area contributed by atoms with Crippen LogP contribution in [0.25, 0.3) is 0 Å². The third kappa shape index (κ3) is 4.24. The summed E-state index contributed by atoms with van der Waals surface area (Å²) < 4.78 is 11.6. The molecule has 32 heavy (non-hydrogen) atoms. The van der Waals surface area contributed by atoms with Gasteiger partial charge >= 0.3 is 0 Å². The molecule has 0 aromatic heterocycles. The Morgan fingerprint density at radius 1 is 1.03 bits per heavy atom. The zero-order valence-electron chi connectivity index (χ0n) is 17.2. The van der Waals surface area contributed by atoms with Crippen LogP contribution in [-0.4, -0.2) is 31.0 Å². The van der Waals surface area contributed by atoms with Gasteiger partial charge in [-0.1, -0.05) is 33.6 Å². The van der Waals surface area contributed by atoms with E-state index in [4.69, 9.17) is 21.1 Å². The van der Waals surface area contributed by atoms with Crippen LogP contribution in [0.4, 0.5) is 5.69 Å². The number of nitrogens with one attached hydrogen (secondary N) is 2. The van der Waals surface area contributed by atoms with Crippen molar-refractivity contribution in [2.75, 3.05) is 19.5 Å². The minimum Gasteiger partial charge on any atom is -0.493 e. The van der Waals surface area contributed by atoms with Gasteiger partial charge < -0.3 is 14.8 Å². The number of hydrogen-bond donors (Lipinski definition) is 2. The number of carbonyl (C=O) groups excluding carboxylic acids is 2. The quantitative estimate of drug-likeness (QED) is 0.497. The smallest absolute Gasteiger partial charge is 0.276 e. The standard InChI is InChI=1S/C23H19BrClN3O4/c1-31-19-10-5-14(11-20(19)32-2)21-26-18-9-8-16(25)12-17(18)23(30)28(21)27-22(29)13-3-6-15(24)7-4-13/h3-12,21,26H,1-2H3,(H,27,29). The molecule has 164 valence electrons. The number of fused-ring (bicyclic) bond motifs is 1. The first-order valence-corrected chi connectivity index (χ1v) is 10.8. The second kappa shape index (κ2) is 9.10. The summed E-state index contributed by atoms with van der Waals surface area (Å²) in [6.07, 6.45) is -0.699. The predicted molar refractivity (Wildman–Crippen MR) is 125 cm³/mol. The molecule has 2 amide bonds. The second-order valence-electron chi connectivity index (χ2n) is 6.97. The molecule has 0 fully saturated rings. The van der Waals surface area contributed by atoms with Crippen LogP contribution in [0.15, 0.2) is 65.1 Å². The molecule has 0 spiro atoms. The fraction of sp³-hybridized carbons (Fsp3) is 0.130. The fourth-order valence-corrected chi connectivity index (χ4v) is 3.86. The molecule has 0 saturated carbocycles. The Morgan fingerprint density at radius 3 is 2.44 bits per heavy atom. The summed E-state index contributed by atoms with van der Waals surface area (Å²) in [5.41, 5.74) is 4.78. The molecule has 4 rings (SSSR count). The molecule has 1 heterocycles. The topological polar surface area (TPSA) is 79.9 Å². The molecular formula is C23H19BrClN3O4. The van der Waals surface area contributed by atoms with Crippen molar-refractivity contribution in [3.8, 4) is 11.5 Å². The highest BCUT2D eigenvalue weighted by atomic mass is 79.9. The molecule has 0 bridgehead atoms. The number of carbonyl (C=O) groups is 2. The van der Waals surface area contributed by atoms with Crippen molar-refractivity contribution in [3.05, 3.63) is 86.8 Å². The summed E-state index contributed by atoms with van der Waals surface area (Å²) in [5.74, 6) is 0.228.